The van der Waals surface area contributed by atoms with Gasteiger partial charge >= 0.3 is 5.97 Å². The first kappa shape index (κ1) is 22.8. The highest BCUT2D eigenvalue weighted by Gasteiger charge is 2.45. The first-order valence-corrected chi connectivity index (χ1v) is 11.9. The van der Waals surface area contributed by atoms with Crippen molar-refractivity contribution >= 4 is 27.8 Å². The molecule has 1 fully saturated rings. The summed E-state index contributed by atoms with van der Waals surface area (Å²) < 4.78 is 6.86. The summed E-state index contributed by atoms with van der Waals surface area (Å²) in [6, 6.07) is 14.4. The molecule has 2 aromatic rings. The topological polar surface area (TPSA) is 70.1 Å². The average molecular weight is 501 g/mol. The molecule has 0 bridgehead atoms. The maximum atomic E-state index is 13.6. The summed E-state index contributed by atoms with van der Waals surface area (Å²) in [4.78, 5) is 30.1. The van der Waals surface area contributed by atoms with E-state index < -0.39 is 18.1 Å². The van der Waals surface area contributed by atoms with Gasteiger partial charge < -0.3 is 14.7 Å². The summed E-state index contributed by atoms with van der Waals surface area (Å²) in [5.41, 5.74) is 1.78. The van der Waals surface area contributed by atoms with Gasteiger partial charge in [0, 0.05) is 35.7 Å². The minimum atomic E-state index is -1.07. The van der Waals surface area contributed by atoms with E-state index in [1.54, 1.807) is 17.0 Å². The lowest BCUT2D eigenvalue weighted by Crippen LogP contribution is -2.53. The zero-order valence-corrected chi connectivity index (χ0v) is 20.0. The highest BCUT2D eigenvalue weighted by Crippen LogP contribution is 2.40. The Morgan fingerprint density at radius 2 is 1.84 bits per heavy atom. The number of ether oxygens (including phenoxy) is 1. The number of carbonyl (C=O) groups is 2. The molecule has 2 heterocycles. The predicted octanol–water partition coefficient (Wildman–Crippen LogP) is 4.49. The Morgan fingerprint density at radius 3 is 2.47 bits per heavy atom. The van der Waals surface area contributed by atoms with Crippen LogP contribution in [0.15, 0.2) is 53.0 Å². The molecule has 4 rings (SSSR count). The van der Waals surface area contributed by atoms with Crippen molar-refractivity contribution in [3.05, 3.63) is 64.1 Å². The monoisotopic (exact) mass is 500 g/mol. The molecule has 2 unspecified atom stereocenters. The third kappa shape index (κ3) is 4.69. The van der Waals surface area contributed by atoms with Gasteiger partial charge in [-0.3, -0.25) is 9.69 Å². The van der Waals surface area contributed by atoms with Crippen molar-refractivity contribution in [2.24, 2.45) is 5.92 Å². The minimum absolute atomic E-state index is 0.0767. The van der Waals surface area contributed by atoms with Gasteiger partial charge in [-0.2, -0.15) is 0 Å². The fourth-order valence-electron chi connectivity index (χ4n) is 4.71. The molecule has 0 spiro atoms. The lowest BCUT2D eigenvalue weighted by atomic mass is 9.95. The number of halogens is 1. The van der Waals surface area contributed by atoms with Gasteiger partial charge in [0.2, 0.25) is 0 Å². The van der Waals surface area contributed by atoms with E-state index in [1.807, 2.05) is 38.1 Å². The number of piperidine rings is 1. The van der Waals surface area contributed by atoms with E-state index in [0.29, 0.717) is 11.3 Å². The average Bonchev–Trinajstić information content (AvgIpc) is 2.89. The number of amides is 1. The number of likely N-dealkylation sites (tertiary alicyclic amines) is 1. The van der Waals surface area contributed by atoms with Gasteiger partial charge in [-0.15, -0.1) is 0 Å². The molecule has 2 aliphatic rings. The number of hydrogen-bond donors (Lipinski definition) is 1. The SMILES string of the molecule is CC(C)C1Oc2ccc(Br)cc2C(C(=O)O)N(C2CCN(Cc3ccccc3)CC2)C1=O. The first-order valence-electron chi connectivity index (χ1n) is 11.1. The van der Waals surface area contributed by atoms with Crippen molar-refractivity contribution in [1.29, 1.82) is 0 Å². The molecule has 0 radical (unpaired) electrons. The van der Waals surface area contributed by atoms with Gasteiger partial charge in [-0.1, -0.05) is 60.1 Å². The van der Waals surface area contributed by atoms with Crippen LogP contribution in [0.5, 0.6) is 5.75 Å². The van der Waals surface area contributed by atoms with Gasteiger partial charge in [0.05, 0.1) is 0 Å². The molecule has 2 aliphatic heterocycles. The molecule has 0 saturated carbocycles. The van der Waals surface area contributed by atoms with E-state index in [-0.39, 0.29) is 17.9 Å². The molecule has 32 heavy (non-hydrogen) atoms. The summed E-state index contributed by atoms with van der Waals surface area (Å²) in [7, 11) is 0. The Labute approximate surface area is 197 Å². The second kappa shape index (κ2) is 9.63. The Balaban J connectivity index is 1.61. The van der Waals surface area contributed by atoms with E-state index in [2.05, 4.69) is 33.0 Å². The van der Waals surface area contributed by atoms with Gasteiger partial charge in [-0.25, -0.2) is 4.79 Å². The van der Waals surface area contributed by atoms with Crippen LogP contribution in [0.2, 0.25) is 0 Å². The summed E-state index contributed by atoms with van der Waals surface area (Å²) >= 11 is 3.45. The summed E-state index contributed by atoms with van der Waals surface area (Å²) in [5.74, 6) is -0.873. The Morgan fingerprint density at radius 1 is 1.16 bits per heavy atom. The van der Waals surface area contributed by atoms with Crippen LogP contribution >= 0.6 is 15.9 Å². The van der Waals surface area contributed by atoms with E-state index in [1.165, 1.54) is 5.56 Å². The molecular formula is C25H29BrN2O4. The highest BCUT2D eigenvalue weighted by atomic mass is 79.9. The molecular weight excluding hydrogens is 472 g/mol. The third-order valence-electron chi connectivity index (χ3n) is 6.34. The van der Waals surface area contributed by atoms with Gasteiger partial charge in [-0.05, 0) is 42.5 Å². The number of carbonyl (C=O) groups excluding carboxylic acids is 1. The standard InChI is InChI=1S/C25H29BrN2O4/c1-16(2)23-24(29)28(22(25(30)31)20-14-18(26)8-9-21(20)32-23)19-10-12-27(13-11-19)15-17-6-4-3-5-7-17/h3-9,14,16,19,22-23H,10-13,15H2,1-2H3,(H,30,31). The smallest absolute Gasteiger partial charge is 0.331 e. The number of benzene rings is 2. The van der Waals surface area contributed by atoms with Crippen LogP contribution in [0.4, 0.5) is 0 Å². The van der Waals surface area contributed by atoms with Crippen LogP contribution in [-0.4, -0.2) is 52.0 Å². The molecule has 1 saturated heterocycles. The number of fused-ring (bicyclic) bond motifs is 1. The molecule has 7 heteroatoms. The molecule has 0 aliphatic carbocycles. The van der Waals surface area contributed by atoms with E-state index >= 15 is 0 Å². The largest absolute Gasteiger partial charge is 0.480 e. The van der Waals surface area contributed by atoms with E-state index in [4.69, 9.17) is 4.74 Å². The molecule has 2 atom stereocenters. The fraction of sp³-hybridized carbons (Fsp3) is 0.440. The van der Waals surface area contributed by atoms with Crippen molar-refractivity contribution in [3.63, 3.8) is 0 Å². The summed E-state index contributed by atoms with van der Waals surface area (Å²) in [5, 5.41) is 10.2. The molecule has 1 N–H and O–H groups in total. The van der Waals surface area contributed by atoms with Crippen LogP contribution in [0.3, 0.4) is 0 Å². The molecule has 0 aromatic heterocycles. The highest BCUT2D eigenvalue weighted by molar-refractivity contribution is 9.10. The van der Waals surface area contributed by atoms with Crippen LogP contribution < -0.4 is 4.74 Å². The van der Waals surface area contributed by atoms with Gasteiger partial charge in [0.1, 0.15) is 5.75 Å². The van der Waals surface area contributed by atoms with E-state index in [0.717, 1.165) is 36.9 Å². The number of hydrogen-bond acceptors (Lipinski definition) is 4. The van der Waals surface area contributed by atoms with Crippen LogP contribution in [-0.2, 0) is 16.1 Å². The quantitative estimate of drug-likeness (QED) is 0.654. The van der Waals surface area contributed by atoms with Crippen molar-refractivity contribution in [3.8, 4) is 5.75 Å². The molecule has 6 nitrogen and oxygen atoms in total. The number of carboxylic acids is 1. The first-order chi connectivity index (χ1) is 15.3. The summed E-state index contributed by atoms with van der Waals surface area (Å²) in [6.07, 6.45) is 0.758. The molecule has 1 amide bonds. The van der Waals surface area contributed by atoms with Crippen molar-refractivity contribution in [2.75, 3.05) is 13.1 Å². The second-order valence-electron chi connectivity index (χ2n) is 8.94. The predicted molar refractivity (Wildman–Crippen MR) is 125 cm³/mol. The van der Waals surface area contributed by atoms with Crippen LogP contribution in [0.25, 0.3) is 0 Å². The minimum Gasteiger partial charge on any atom is -0.480 e. The number of nitrogens with zero attached hydrogens (tertiary/aromatic N) is 2. The Kier molecular flexibility index (Phi) is 6.86. The summed E-state index contributed by atoms with van der Waals surface area (Å²) in [6.45, 7) is 6.35. The van der Waals surface area contributed by atoms with Crippen LogP contribution in [0, 0.1) is 5.92 Å². The Hall–Kier alpha value is -2.38. The van der Waals surface area contributed by atoms with Gasteiger partial charge in [0.25, 0.3) is 5.91 Å². The maximum absolute atomic E-state index is 13.6. The van der Waals surface area contributed by atoms with Gasteiger partial charge in [0.15, 0.2) is 12.1 Å². The lowest BCUT2D eigenvalue weighted by molar-refractivity contribution is -0.157. The zero-order chi connectivity index (χ0) is 22.8. The molecule has 2 aromatic carbocycles. The number of aliphatic carboxylic acids is 1. The number of carboxylic acid groups (broad SMARTS) is 1. The maximum Gasteiger partial charge on any atom is 0.331 e. The van der Waals surface area contributed by atoms with Crippen molar-refractivity contribution in [1.82, 2.24) is 9.80 Å². The Bertz CT molecular complexity index is 973. The van der Waals surface area contributed by atoms with Crippen LogP contribution in [0.1, 0.15) is 43.9 Å². The third-order valence-corrected chi connectivity index (χ3v) is 6.83. The second-order valence-corrected chi connectivity index (χ2v) is 9.86. The molecule has 170 valence electrons. The normalized spacial score (nSPS) is 22.4. The van der Waals surface area contributed by atoms with Crippen molar-refractivity contribution in [2.45, 2.75) is 51.4 Å². The number of rotatable bonds is 5. The van der Waals surface area contributed by atoms with Crippen molar-refractivity contribution < 1.29 is 19.4 Å². The lowest BCUT2D eigenvalue weighted by Gasteiger charge is -2.41. The fourth-order valence-corrected chi connectivity index (χ4v) is 5.09. The zero-order valence-electron chi connectivity index (χ0n) is 18.4. The van der Waals surface area contributed by atoms with E-state index in [9.17, 15) is 14.7 Å².